The van der Waals surface area contributed by atoms with E-state index in [9.17, 15) is 14.4 Å². The van der Waals surface area contributed by atoms with E-state index in [0.717, 1.165) is 16.5 Å². The van der Waals surface area contributed by atoms with Crippen LogP contribution in [-0.4, -0.2) is 29.2 Å². The minimum atomic E-state index is -0.567. The zero-order valence-electron chi connectivity index (χ0n) is 14.1. The molecule has 3 heterocycles. The van der Waals surface area contributed by atoms with Crippen LogP contribution in [0.4, 0.5) is 5.82 Å². The Balaban J connectivity index is 1.90. The summed E-state index contributed by atoms with van der Waals surface area (Å²) in [6, 6.07) is 6.86. The highest BCUT2D eigenvalue weighted by atomic mass is 16.5. The first-order valence-electron chi connectivity index (χ1n) is 7.98. The molecular weight excluding hydrogens is 338 g/mol. The summed E-state index contributed by atoms with van der Waals surface area (Å²) in [4.78, 5) is 35.8. The van der Waals surface area contributed by atoms with Gasteiger partial charge in [0.1, 0.15) is 11.3 Å². The maximum Gasteiger partial charge on any atom is 0.356 e. The maximum atomic E-state index is 12.1. The van der Waals surface area contributed by atoms with E-state index in [2.05, 4.69) is 15.5 Å². The largest absolute Gasteiger partial charge is 0.464 e. The fraction of sp³-hybridized carbons (Fsp3) is 0.222. The van der Waals surface area contributed by atoms with Gasteiger partial charge in [0.05, 0.1) is 7.11 Å². The third-order valence-corrected chi connectivity index (χ3v) is 4.57. The lowest BCUT2D eigenvalue weighted by Gasteiger charge is -2.23. The minimum Gasteiger partial charge on any atom is -0.464 e. The third-order valence-electron chi connectivity index (χ3n) is 4.57. The van der Waals surface area contributed by atoms with Gasteiger partial charge >= 0.3 is 11.6 Å². The predicted molar refractivity (Wildman–Crippen MR) is 92.2 cm³/mol. The van der Waals surface area contributed by atoms with Crippen molar-refractivity contribution < 1.29 is 18.7 Å². The van der Waals surface area contributed by atoms with Crippen LogP contribution >= 0.6 is 0 Å². The summed E-state index contributed by atoms with van der Waals surface area (Å²) in [7, 11) is 1.28. The van der Waals surface area contributed by atoms with E-state index in [-0.39, 0.29) is 18.0 Å². The van der Waals surface area contributed by atoms with E-state index in [4.69, 9.17) is 9.15 Å². The van der Waals surface area contributed by atoms with E-state index >= 15 is 0 Å². The number of hydrogen-bond donors (Lipinski definition) is 2. The van der Waals surface area contributed by atoms with E-state index in [1.165, 1.54) is 13.2 Å². The number of H-pyrrole nitrogens is 1. The SMILES string of the molecule is COC(=O)c1[nH]nc2c1C(c1ccc3c(C)cc(=O)oc3c1)CC(=O)N2. The molecule has 132 valence electrons. The van der Waals surface area contributed by atoms with Crippen molar-refractivity contribution in [2.24, 2.45) is 0 Å². The van der Waals surface area contributed by atoms with Gasteiger partial charge in [-0.3, -0.25) is 9.89 Å². The number of carbonyl (C=O) groups excluding carboxylic acids is 2. The highest BCUT2D eigenvalue weighted by Gasteiger charge is 2.34. The number of methoxy groups -OCH3 is 1. The first-order valence-corrected chi connectivity index (χ1v) is 7.98. The molecule has 1 unspecified atom stereocenters. The fourth-order valence-corrected chi connectivity index (χ4v) is 3.36. The van der Waals surface area contributed by atoms with E-state index in [1.54, 1.807) is 6.07 Å². The van der Waals surface area contributed by atoms with Crippen LogP contribution in [0.25, 0.3) is 11.0 Å². The number of aryl methyl sites for hydroxylation is 1. The number of nitrogens with one attached hydrogen (secondary N) is 2. The van der Waals surface area contributed by atoms with Crippen LogP contribution in [0.5, 0.6) is 0 Å². The van der Waals surface area contributed by atoms with Gasteiger partial charge in [-0.2, -0.15) is 5.10 Å². The molecule has 0 bridgehead atoms. The molecule has 1 amide bonds. The van der Waals surface area contributed by atoms with Crippen molar-refractivity contribution in [3.05, 3.63) is 57.1 Å². The second-order valence-corrected chi connectivity index (χ2v) is 6.16. The fourth-order valence-electron chi connectivity index (χ4n) is 3.36. The number of benzene rings is 1. The van der Waals surface area contributed by atoms with Gasteiger partial charge in [0, 0.05) is 29.4 Å². The molecule has 0 saturated heterocycles. The van der Waals surface area contributed by atoms with Crippen molar-refractivity contribution in [1.82, 2.24) is 10.2 Å². The Morgan fingerprint density at radius 1 is 1.31 bits per heavy atom. The topological polar surface area (TPSA) is 114 Å². The minimum absolute atomic E-state index is 0.137. The van der Waals surface area contributed by atoms with Gasteiger partial charge in [-0.25, -0.2) is 9.59 Å². The average Bonchev–Trinajstić information content (AvgIpc) is 3.03. The number of aromatic amines is 1. The number of rotatable bonds is 2. The van der Waals surface area contributed by atoms with Crippen molar-refractivity contribution in [3.8, 4) is 0 Å². The number of carbonyl (C=O) groups is 2. The molecule has 0 radical (unpaired) electrons. The standard InChI is InChI=1S/C18H15N3O5/c1-8-5-14(23)26-12-6-9(3-4-10(8)12)11-7-13(22)19-17-15(11)16(20-21-17)18(24)25-2/h3-6,11H,7H2,1-2H3,(H2,19,20,21,22). The highest BCUT2D eigenvalue weighted by Crippen LogP contribution is 2.39. The summed E-state index contributed by atoms with van der Waals surface area (Å²) in [6.07, 6.45) is 0.137. The molecular formula is C18H15N3O5. The molecule has 2 N–H and O–H groups in total. The number of esters is 1. The Kier molecular flexibility index (Phi) is 3.61. The number of hydrogen-bond acceptors (Lipinski definition) is 6. The molecule has 1 aromatic carbocycles. The van der Waals surface area contributed by atoms with Crippen molar-refractivity contribution in [1.29, 1.82) is 0 Å². The average molecular weight is 353 g/mol. The lowest BCUT2D eigenvalue weighted by Crippen LogP contribution is -2.24. The summed E-state index contributed by atoms with van der Waals surface area (Å²) in [5.74, 6) is -0.890. The number of aromatic nitrogens is 2. The van der Waals surface area contributed by atoms with Crippen LogP contribution in [0, 0.1) is 6.92 Å². The lowest BCUT2D eigenvalue weighted by molar-refractivity contribution is -0.116. The molecule has 0 saturated carbocycles. The Bertz CT molecular complexity index is 1110. The van der Waals surface area contributed by atoms with Gasteiger partial charge in [0.15, 0.2) is 5.82 Å². The number of amides is 1. The number of ether oxygens (including phenoxy) is 1. The van der Waals surface area contributed by atoms with Crippen molar-refractivity contribution in [2.45, 2.75) is 19.3 Å². The molecule has 1 aliphatic rings. The predicted octanol–water partition coefficient (Wildman–Crippen LogP) is 2.09. The van der Waals surface area contributed by atoms with Crippen LogP contribution in [0.2, 0.25) is 0 Å². The van der Waals surface area contributed by atoms with Gasteiger partial charge in [0.2, 0.25) is 5.91 Å². The highest BCUT2D eigenvalue weighted by molar-refractivity contribution is 5.99. The van der Waals surface area contributed by atoms with Gasteiger partial charge in [-0.1, -0.05) is 12.1 Å². The summed E-state index contributed by atoms with van der Waals surface area (Å²) in [5.41, 5.74) is 2.30. The Morgan fingerprint density at radius 3 is 2.88 bits per heavy atom. The maximum absolute atomic E-state index is 12.1. The second kappa shape index (κ2) is 5.83. The van der Waals surface area contributed by atoms with Crippen LogP contribution in [0.1, 0.15) is 39.5 Å². The zero-order valence-corrected chi connectivity index (χ0v) is 14.1. The van der Waals surface area contributed by atoms with Crippen molar-refractivity contribution in [2.75, 3.05) is 12.4 Å². The van der Waals surface area contributed by atoms with Crippen molar-refractivity contribution >= 4 is 28.7 Å². The van der Waals surface area contributed by atoms with Crippen LogP contribution in [0.3, 0.4) is 0 Å². The molecule has 0 spiro atoms. The van der Waals surface area contributed by atoms with Gasteiger partial charge < -0.3 is 14.5 Å². The molecule has 8 heteroatoms. The third kappa shape index (κ3) is 2.46. The van der Waals surface area contributed by atoms with Crippen LogP contribution < -0.4 is 10.9 Å². The first-order chi connectivity index (χ1) is 12.5. The van der Waals surface area contributed by atoms with E-state index < -0.39 is 17.5 Å². The monoisotopic (exact) mass is 353 g/mol. The molecule has 0 aliphatic carbocycles. The number of nitrogens with zero attached hydrogens (tertiary/aromatic N) is 1. The second-order valence-electron chi connectivity index (χ2n) is 6.16. The molecule has 1 aliphatic heterocycles. The van der Waals surface area contributed by atoms with Gasteiger partial charge in [-0.05, 0) is 24.1 Å². The van der Waals surface area contributed by atoms with Crippen LogP contribution in [-0.2, 0) is 9.53 Å². The van der Waals surface area contributed by atoms with E-state index in [1.807, 2.05) is 19.1 Å². The quantitative estimate of drug-likeness (QED) is 0.538. The zero-order chi connectivity index (χ0) is 18.4. The van der Waals surface area contributed by atoms with Crippen molar-refractivity contribution in [3.63, 3.8) is 0 Å². The molecule has 8 nitrogen and oxygen atoms in total. The molecule has 2 aromatic heterocycles. The smallest absolute Gasteiger partial charge is 0.356 e. The van der Waals surface area contributed by atoms with Gasteiger partial charge in [0.25, 0.3) is 0 Å². The Morgan fingerprint density at radius 2 is 2.12 bits per heavy atom. The summed E-state index contributed by atoms with van der Waals surface area (Å²) in [5, 5.41) is 10.1. The first kappa shape index (κ1) is 16.1. The lowest BCUT2D eigenvalue weighted by atomic mass is 9.85. The molecule has 26 heavy (non-hydrogen) atoms. The molecule has 1 atom stereocenters. The van der Waals surface area contributed by atoms with Gasteiger partial charge in [-0.15, -0.1) is 0 Å². The van der Waals surface area contributed by atoms with Crippen LogP contribution in [0.15, 0.2) is 33.5 Å². The molecule has 3 aromatic rings. The summed E-state index contributed by atoms with van der Waals surface area (Å²) < 4.78 is 10.1. The molecule has 4 rings (SSSR count). The Hall–Kier alpha value is -3.42. The normalized spacial score (nSPS) is 16.2. The number of fused-ring (bicyclic) bond motifs is 2. The summed E-state index contributed by atoms with van der Waals surface area (Å²) in [6.45, 7) is 1.83. The van der Waals surface area contributed by atoms with E-state index in [0.29, 0.717) is 17.0 Å². The Labute approximate surface area is 147 Å². The molecule has 0 fully saturated rings. The number of anilines is 1. The summed E-state index contributed by atoms with van der Waals surface area (Å²) >= 11 is 0.